The number of hydrogen-bond donors (Lipinski definition) is 1. The Hall–Kier alpha value is -1.03. The molecule has 1 N–H and O–H groups in total. The van der Waals surface area contributed by atoms with Gasteiger partial charge in [0.1, 0.15) is 5.02 Å². The van der Waals surface area contributed by atoms with Crippen LogP contribution >= 0.6 is 11.6 Å². The maximum absolute atomic E-state index is 10.9. The van der Waals surface area contributed by atoms with Crippen molar-refractivity contribution in [3.63, 3.8) is 0 Å². The molecule has 0 unspecified atom stereocenters. The Bertz CT molecular complexity index is 321. The minimum atomic E-state index is -0.379. The van der Waals surface area contributed by atoms with E-state index in [-0.39, 0.29) is 16.6 Å². The maximum Gasteiger partial charge on any atom is 0.296 e. The second-order valence-electron chi connectivity index (χ2n) is 1.97. The molecule has 1 rings (SSSR count). The molecule has 0 fully saturated rings. The van der Waals surface area contributed by atoms with Gasteiger partial charge < -0.3 is 4.74 Å². The van der Waals surface area contributed by atoms with Gasteiger partial charge in [-0.05, 0) is 6.92 Å². The molecular weight excluding hydrogens is 168 g/mol. The second-order valence-corrected chi connectivity index (χ2v) is 2.35. The highest BCUT2D eigenvalue weighted by molar-refractivity contribution is 6.30. The molecule has 0 bridgehead atoms. The Kier molecular flexibility index (Phi) is 2.14. The average Bonchev–Trinajstić information content (AvgIpc) is 1.99. The van der Waals surface area contributed by atoms with Crippen LogP contribution < -0.4 is 10.3 Å². The molecule has 1 aromatic heterocycles. The van der Waals surface area contributed by atoms with E-state index in [1.165, 1.54) is 7.11 Å². The summed E-state index contributed by atoms with van der Waals surface area (Å²) in [7, 11) is 1.42. The van der Waals surface area contributed by atoms with Crippen molar-refractivity contribution < 1.29 is 4.74 Å². The summed E-state index contributed by atoms with van der Waals surface area (Å²) in [5.41, 5.74) is 0.0864. The second kappa shape index (κ2) is 2.92. The highest BCUT2D eigenvalue weighted by Gasteiger charge is 2.03. The third-order valence-electron chi connectivity index (χ3n) is 1.20. The summed E-state index contributed by atoms with van der Waals surface area (Å²) < 4.78 is 4.71. The molecule has 0 radical (unpaired) electrons. The van der Waals surface area contributed by atoms with Crippen molar-refractivity contribution >= 4 is 11.6 Å². The molecule has 0 amide bonds. The van der Waals surface area contributed by atoms with Gasteiger partial charge in [-0.25, -0.2) is 4.98 Å². The van der Waals surface area contributed by atoms with Crippen LogP contribution in [0.2, 0.25) is 5.02 Å². The van der Waals surface area contributed by atoms with Crippen LogP contribution in [0.1, 0.15) is 5.69 Å². The van der Waals surface area contributed by atoms with E-state index in [9.17, 15) is 4.79 Å². The number of rotatable bonds is 1. The highest BCUT2D eigenvalue weighted by Crippen LogP contribution is 2.07. The standard InChI is InChI=1S/C6H7ClN2O2/c1-3-4(7)5(10)9-6(8-3)11-2/h1-2H3,(H,8,9,10). The largest absolute Gasteiger partial charge is 0.468 e. The van der Waals surface area contributed by atoms with Crippen molar-refractivity contribution in [1.82, 2.24) is 9.97 Å². The lowest BCUT2D eigenvalue weighted by molar-refractivity contribution is 0.377. The van der Waals surface area contributed by atoms with Crippen LogP contribution in [0.3, 0.4) is 0 Å². The van der Waals surface area contributed by atoms with Gasteiger partial charge in [-0.15, -0.1) is 0 Å². The predicted molar refractivity (Wildman–Crippen MR) is 41.2 cm³/mol. The normalized spacial score (nSPS) is 9.73. The van der Waals surface area contributed by atoms with Gasteiger partial charge in [0.25, 0.3) is 11.6 Å². The van der Waals surface area contributed by atoms with Gasteiger partial charge in [0.2, 0.25) is 0 Å². The van der Waals surface area contributed by atoms with E-state index < -0.39 is 0 Å². The van der Waals surface area contributed by atoms with Crippen LogP contribution in [-0.4, -0.2) is 17.1 Å². The lowest BCUT2D eigenvalue weighted by Gasteiger charge is -1.99. The Morgan fingerprint density at radius 1 is 1.64 bits per heavy atom. The van der Waals surface area contributed by atoms with Gasteiger partial charge in [-0.3, -0.25) is 9.78 Å². The Morgan fingerprint density at radius 2 is 2.27 bits per heavy atom. The molecule has 0 aliphatic carbocycles. The number of aromatic amines is 1. The summed E-state index contributed by atoms with van der Waals surface area (Å²) >= 11 is 5.54. The fraction of sp³-hybridized carbons (Fsp3) is 0.333. The van der Waals surface area contributed by atoms with Crippen molar-refractivity contribution in [2.24, 2.45) is 0 Å². The number of H-pyrrole nitrogens is 1. The Morgan fingerprint density at radius 3 is 2.73 bits per heavy atom. The van der Waals surface area contributed by atoms with Crippen LogP contribution in [0.25, 0.3) is 0 Å². The molecule has 0 aliphatic rings. The molecule has 0 atom stereocenters. The van der Waals surface area contributed by atoms with Crippen molar-refractivity contribution in [2.45, 2.75) is 6.92 Å². The molecule has 0 aromatic carbocycles. The van der Waals surface area contributed by atoms with Gasteiger partial charge >= 0.3 is 0 Å². The zero-order valence-corrected chi connectivity index (χ0v) is 6.90. The van der Waals surface area contributed by atoms with Crippen LogP contribution in [0.4, 0.5) is 0 Å². The number of aryl methyl sites for hydroxylation is 1. The summed E-state index contributed by atoms with van der Waals surface area (Å²) in [6, 6.07) is 0.178. The van der Waals surface area contributed by atoms with E-state index in [1.54, 1.807) is 6.92 Å². The monoisotopic (exact) mass is 174 g/mol. The molecule has 0 saturated carbocycles. The fourth-order valence-corrected chi connectivity index (χ4v) is 0.732. The fourth-order valence-electron chi connectivity index (χ4n) is 0.642. The van der Waals surface area contributed by atoms with Crippen LogP contribution in [-0.2, 0) is 0 Å². The number of nitrogens with zero attached hydrogens (tertiary/aromatic N) is 1. The smallest absolute Gasteiger partial charge is 0.296 e. The number of aromatic nitrogens is 2. The maximum atomic E-state index is 10.9. The van der Waals surface area contributed by atoms with Gasteiger partial charge in [0, 0.05) is 0 Å². The van der Waals surface area contributed by atoms with Crippen LogP contribution in [0.5, 0.6) is 6.01 Å². The summed E-state index contributed by atoms with van der Waals surface area (Å²) in [6.07, 6.45) is 0. The van der Waals surface area contributed by atoms with E-state index in [0.29, 0.717) is 5.69 Å². The lowest BCUT2D eigenvalue weighted by atomic mass is 10.4. The van der Waals surface area contributed by atoms with Crippen LogP contribution in [0, 0.1) is 6.92 Å². The first kappa shape index (κ1) is 8.07. The number of methoxy groups -OCH3 is 1. The molecule has 4 nitrogen and oxygen atoms in total. The molecule has 0 spiro atoms. The van der Waals surface area contributed by atoms with Gasteiger partial charge in [-0.1, -0.05) is 11.6 Å². The Balaban J connectivity index is 3.32. The molecule has 5 heteroatoms. The number of ether oxygens (including phenoxy) is 1. The van der Waals surface area contributed by atoms with Crippen LogP contribution in [0.15, 0.2) is 4.79 Å². The zero-order valence-electron chi connectivity index (χ0n) is 6.14. The van der Waals surface area contributed by atoms with Crippen molar-refractivity contribution in [3.05, 3.63) is 21.1 Å². The molecule has 1 aromatic rings. The van der Waals surface area contributed by atoms with Gasteiger partial charge in [0.15, 0.2) is 0 Å². The van der Waals surface area contributed by atoms with E-state index in [4.69, 9.17) is 16.3 Å². The summed E-state index contributed by atoms with van der Waals surface area (Å²) in [5, 5.41) is 0.103. The Labute approximate surface area is 68.2 Å². The summed E-state index contributed by atoms with van der Waals surface area (Å²) in [5.74, 6) is 0. The minimum absolute atomic E-state index is 0.103. The molecule has 60 valence electrons. The summed E-state index contributed by atoms with van der Waals surface area (Å²) in [4.78, 5) is 17.1. The first-order valence-corrected chi connectivity index (χ1v) is 3.33. The highest BCUT2D eigenvalue weighted by atomic mass is 35.5. The third-order valence-corrected chi connectivity index (χ3v) is 1.65. The first-order chi connectivity index (χ1) is 5.15. The van der Waals surface area contributed by atoms with Crippen molar-refractivity contribution in [3.8, 4) is 6.01 Å². The predicted octanol–water partition coefficient (Wildman–Crippen LogP) is 0.740. The SMILES string of the molecule is COc1nc(C)c(Cl)c(=O)[nH]1. The third kappa shape index (κ3) is 1.51. The van der Waals surface area contributed by atoms with Crippen molar-refractivity contribution in [2.75, 3.05) is 7.11 Å². The van der Waals surface area contributed by atoms with Gasteiger partial charge in [-0.2, -0.15) is 0 Å². The minimum Gasteiger partial charge on any atom is -0.468 e. The number of nitrogens with one attached hydrogen (secondary N) is 1. The van der Waals surface area contributed by atoms with Gasteiger partial charge in [0.05, 0.1) is 12.8 Å². The molecule has 1 heterocycles. The van der Waals surface area contributed by atoms with Crippen molar-refractivity contribution in [1.29, 1.82) is 0 Å². The quantitative estimate of drug-likeness (QED) is 0.683. The molecule has 0 saturated heterocycles. The molecule has 0 aliphatic heterocycles. The van der Waals surface area contributed by atoms with E-state index in [2.05, 4.69) is 9.97 Å². The lowest BCUT2D eigenvalue weighted by Crippen LogP contribution is -2.11. The van der Waals surface area contributed by atoms with E-state index in [1.807, 2.05) is 0 Å². The molecular formula is C6H7ClN2O2. The molecule has 11 heavy (non-hydrogen) atoms. The average molecular weight is 175 g/mol. The van der Waals surface area contributed by atoms with E-state index >= 15 is 0 Å². The first-order valence-electron chi connectivity index (χ1n) is 2.95. The van der Waals surface area contributed by atoms with E-state index in [0.717, 1.165) is 0 Å². The number of halogens is 1. The summed E-state index contributed by atoms with van der Waals surface area (Å²) in [6.45, 7) is 1.64. The number of hydrogen-bond acceptors (Lipinski definition) is 3. The topological polar surface area (TPSA) is 55.0 Å². The zero-order chi connectivity index (χ0) is 8.43.